The second-order valence-electron chi connectivity index (χ2n) is 4.38. The first-order valence-electron chi connectivity index (χ1n) is 5.94. The highest BCUT2D eigenvalue weighted by Gasteiger charge is 2.17. The summed E-state index contributed by atoms with van der Waals surface area (Å²) in [5.74, 6) is -1.31. The fourth-order valence-corrected chi connectivity index (χ4v) is 1.73. The third kappa shape index (κ3) is 4.07. The standard InChI is InChI=1S/C13H18F2N2O/c1-3-12(17-13(18)6-8(2)16)10-7-9(14)4-5-11(10)15/h4-5,7-8,12H,3,6,16H2,1-2H3,(H,17,18). The van der Waals surface area contributed by atoms with Gasteiger partial charge in [-0.2, -0.15) is 0 Å². The molecule has 2 atom stereocenters. The van der Waals surface area contributed by atoms with Crippen LogP contribution in [0.15, 0.2) is 18.2 Å². The van der Waals surface area contributed by atoms with Crippen molar-refractivity contribution in [3.63, 3.8) is 0 Å². The lowest BCUT2D eigenvalue weighted by Gasteiger charge is -2.18. The predicted molar refractivity (Wildman–Crippen MR) is 65.8 cm³/mol. The first-order valence-corrected chi connectivity index (χ1v) is 5.94. The second kappa shape index (κ2) is 6.44. The fourth-order valence-electron chi connectivity index (χ4n) is 1.73. The fraction of sp³-hybridized carbons (Fsp3) is 0.462. The Morgan fingerprint density at radius 2 is 2.11 bits per heavy atom. The summed E-state index contributed by atoms with van der Waals surface area (Å²) in [6.07, 6.45) is 0.637. The summed E-state index contributed by atoms with van der Waals surface area (Å²) in [4.78, 5) is 11.6. The smallest absolute Gasteiger partial charge is 0.222 e. The van der Waals surface area contributed by atoms with Gasteiger partial charge < -0.3 is 11.1 Å². The molecule has 1 rings (SSSR count). The number of halogens is 2. The van der Waals surface area contributed by atoms with Crippen molar-refractivity contribution in [2.75, 3.05) is 0 Å². The molecular formula is C13H18F2N2O. The minimum Gasteiger partial charge on any atom is -0.349 e. The molecule has 0 saturated carbocycles. The van der Waals surface area contributed by atoms with E-state index in [0.717, 1.165) is 18.2 Å². The minimum atomic E-state index is -0.535. The Kier molecular flexibility index (Phi) is 5.22. The van der Waals surface area contributed by atoms with E-state index >= 15 is 0 Å². The quantitative estimate of drug-likeness (QED) is 0.849. The molecule has 0 aromatic heterocycles. The number of benzene rings is 1. The van der Waals surface area contributed by atoms with E-state index < -0.39 is 17.7 Å². The number of hydrogen-bond donors (Lipinski definition) is 2. The van der Waals surface area contributed by atoms with Crippen LogP contribution in [-0.2, 0) is 4.79 Å². The minimum absolute atomic E-state index is 0.160. The van der Waals surface area contributed by atoms with E-state index in [-0.39, 0.29) is 23.9 Å². The van der Waals surface area contributed by atoms with Crippen LogP contribution in [0.5, 0.6) is 0 Å². The lowest BCUT2D eigenvalue weighted by molar-refractivity contribution is -0.122. The zero-order valence-electron chi connectivity index (χ0n) is 10.5. The van der Waals surface area contributed by atoms with Gasteiger partial charge in [0.05, 0.1) is 6.04 Å². The third-order valence-electron chi connectivity index (χ3n) is 2.58. The van der Waals surface area contributed by atoms with Crippen molar-refractivity contribution < 1.29 is 13.6 Å². The molecule has 0 saturated heterocycles. The van der Waals surface area contributed by atoms with Crippen molar-refractivity contribution in [2.45, 2.75) is 38.8 Å². The molecule has 1 aromatic rings. The maximum absolute atomic E-state index is 13.6. The van der Waals surface area contributed by atoms with Crippen molar-refractivity contribution in [2.24, 2.45) is 5.73 Å². The van der Waals surface area contributed by atoms with Gasteiger partial charge in [0.25, 0.3) is 0 Å². The Balaban J connectivity index is 2.83. The van der Waals surface area contributed by atoms with Gasteiger partial charge >= 0.3 is 0 Å². The Morgan fingerprint density at radius 3 is 2.67 bits per heavy atom. The first-order chi connectivity index (χ1) is 8.43. The number of rotatable bonds is 5. The summed E-state index contributed by atoms with van der Waals surface area (Å²) < 4.78 is 26.7. The summed E-state index contributed by atoms with van der Waals surface area (Å²) >= 11 is 0. The van der Waals surface area contributed by atoms with Gasteiger partial charge in [-0.05, 0) is 31.5 Å². The Bertz CT molecular complexity index is 421. The summed E-state index contributed by atoms with van der Waals surface area (Å²) in [7, 11) is 0. The lowest BCUT2D eigenvalue weighted by Crippen LogP contribution is -2.33. The summed E-state index contributed by atoms with van der Waals surface area (Å²) in [5.41, 5.74) is 5.67. The number of nitrogens with two attached hydrogens (primary N) is 1. The molecule has 0 bridgehead atoms. The molecule has 0 aliphatic rings. The molecule has 0 aliphatic carbocycles. The summed E-state index contributed by atoms with van der Waals surface area (Å²) in [6.45, 7) is 3.50. The van der Waals surface area contributed by atoms with Crippen LogP contribution >= 0.6 is 0 Å². The molecule has 0 radical (unpaired) electrons. The van der Waals surface area contributed by atoms with Gasteiger partial charge in [0, 0.05) is 18.0 Å². The molecule has 1 aromatic carbocycles. The Labute approximate surface area is 105 Å². The van der Waals surface area contributed by atoms with Crippen LogP contribution in [0.1, 0.15) is 38.3 Å². The average Bonchev–Trinajstić information content (AvgIpc) is 2.28. The highest BCUT2D eigenvalue weighted by molar-refractivity contribution is 5.77. The van der Waals surface area contributed by atoms with Crippen LogP contribution in [0.2, 0.25) is 0 Å². The first kappa shape index (κ1) is 14.6. The number of amides is 1. The Morgan fingerprint density at radius 1 is 1.44 bits per heavy atom. The number of hydrogen-bond acceptors (Lipinski definition) is 2. The van der Waals surface area contributed by atoms with E-state index in [0.29, 0.717) is 6.42 Å². The van der Waals surface area contributed by atoms with Gasteiger partial charge in [-0.25, -0.2) is 8.78 Å². The average molecular weight is 256 g/mol. The number of carbonyl (C=O) groups excluding carboxylic acids is 1. The summed E-state index contributed by atoms with van der Waals surface area (Å²) in [5, 5.41) is 2.66. The Hall–Kier alpha value is -1.49. The molecule has 0 heterocycles. The van der Waals surface area contributed by atoms with Crippen LogP contribution in [0.4, 0.5) is 8.78 Å². The van der Waals surface area contributed by atoms with Crippen molar-refractivity contribution in [1.82, 2.24) is 5.32 Å². The molecule has 3 nitrogen and oxygen atoms in total. The van der Waals surface area contributed by atoms with E-state index in [1.165, 1.54) is 0 Å². The van der Waals surface area contributed by atoms with Crippen molar-refractivity contribution in [3.05, 3.63) is 35.4 Å². The van der Waals surface area contributed by atoms with E-state index in [1.54, 1.807) is 13.8 Å². The predicted octanol–water partition coefficient (Wildman–Crippen LogP) is 2.27. The van der Waals surface area contributed by atoms with Crippen LogP contribution in [-0.4, -0.2) is 11.9 Å². The van der Waals surface area contributed by atoms with Crippen LogP contribution in [0, 0.1) is 11.6 Å². The molecule has 5 heteroatoms. The van der Waals surface area contributed by atoms with Gasteiger partial charge in [-0.3, -0.25) is 4.79 Å². The van der Waals surface area contributed by atoms with E-state index in [1.807, 2.05) is 0 Å². The molecule has 0 aliphatic heterocycles. The van der Waals surface area contributed by atoms with Crippen molar-refractivity contribution >= 4 is 5.91 Å². The maximum Gasteiger partial charge on any atom is 0.222 e. The molecule has 2 unspecified atom stereocenters. The van der Waals surface area contributed by atoms with Gasteiger partial charge in [0.15, 0.2) is 0 Å². The molecule has 0 fully saturated rings. The lowest BCUT2D eigenvalue weighted by atomic mass is 10.0. The van der Waals surface area contributed by atoms with Gasteiger partial charge in [-0.1, -0.05) is 6.92 Å². The van der Waals surface area contributed by atoms with E-state index in [2.05, 4.69) is 5.32 Å². The van der Waals surface area contributed by atoms with Crippen molar-refractivity contribution in [1.29, 1.82) is 0 Å². The SMILES string of the molecule is CCC(NC(=O)CC(C)N)c1cc(F)ccc1F. The molecule has 0 spiro atoms. The van der Waals surface area contributed by atoms with E-state index in [9.17, 15) is 13.6 Å². The molecule has 3 N–H and O–H groups in total. The second-order valence-corrected chi connectivity index (χ2v) is 4.38. The van der Waals surface area contributed by atoms with E-state index in [4.69, 9.17) is 5.73 Å². The van der Waals surface area contributed by atoms with Gasteiger partial charge in [0.2, 0.25) is 5.91 Å². The molecular weight excluding hydrogens is 238 g/mol. The van der Waals surface area contributed by atoms with Gasteiger partial charge in [0.1, 0.15) is 11.6 Å². The highest BCUT2D eigenvalue weighted by Crippen LogP contribution is 2.21. The monoisotopic (exact) mass is 256 g/mol. The normalized spacial score (nSPS) is 14.1. The number of nitrogens with one attached hydrogen (secondary N) is 1. The highest BCUT2D eigenvalue weighted by atomic mass is 19.1. The maximum atomic E-state index is 13.6. The zero-order chi connectivity index (χ0) is 13.7. The molecule has 18 heavy (non-hydrogen) atoms. The van der Waals surface area contributed by atoms with Crippen LogP contribution < -0.4 is 11.1 Å². The van der Waals surface area contributed by atoms with Crippen molar-refractivity contribution in [3.8, 4) is 0 Å². The van der Waals surface area contributed by atoms with Crippen LogP contribution in [0.3, 0.4) is 0 Å². The number of carbonyl (C=O) groups is 1. The van der Waals surface area contributed by atoms with Crippen LogP contribution in [0.25, 0.3) is 0 Å². The molecule has 1 amide bonds. The largest absolute Gasteiger partial charge is 0.349 e. The van der Waals surface area contributed by atoms with Gasteiger partial charge in [-0.15, -0.1) is 0 Å². The zero-order valence-corrected chi connectivity index (χ0v) is 10.5. The molecule has 100 valence electrons. The topological polar surface area (TPSA) is 55.1 Å². The third-order valence-corrected chi connectivity index (χ3v) is 2.58. The summed E-state index contributed by atoms with van der Waals surface area (Å²) in [6, 6.07) is 2.42.